The molecule has 3 rings (SSSR count). The van der Waals surface area contributed by atoms with Crippen LogP contribution in [-0.2, 0) is 9.53 Å². The fourth-order valence-electron chi connectivity index (χ4n) is 3.10. The van der Waals surface area contributed by atoms with Crippen molar-refractivity contribution < 1.29 is 19.1 Å². The molecule has 1 N–H and O–H groups in total. The van der Waals surface area contributed by atoms with Crippen LogP contribution in [0.3, 0.4) is 0 Å². The number of rotatable bonds is 7. The molecule has 0 aliphatic heterocycles. The van der Waals surface area contributed by atoms with E-state index in [0.29, 0.717) is 22.9 Å². The van der Waals surface area contributed by atoms with Crippen LogP contribution in [0.1, 0.15) is 17.4 Å². The minimum atomic E-state index is -0.686. The molecule has 2 aromatic heterocycles. The molecule has 2 heterocycles. The molecule has 146 valence electrons. The van der Waals surface area contributed by atoms with Crippen LogP contribution < -0.4 is 10.1 Å². The number of fused-ring (bicyclic) bond motifs is 1. The second-order valence-electron chi connectivity index (χ2n) is 6.41. The smallest absolute Gasteiger partial charge is 0.294 e. The Labute approximate surface area is 168 Å². The maximum atomic E-state index is 13.0. The number of Topliss-reactive ketones (excluding diaryl/α,β-unsaturated/α-hetero) is 1. The quantitative estimate of drug-likeness (QED) is 0.486. The molecule has 0 spiro atoms. The number of methoxy groups -OCH3 is 2. The molecule has 0 saturated heterocycles. The van der Waals surface area contributed by atoms with E-state index in [1.165, 1.54) is 14.2 Å². The van der Waals surface area contributed by atoms with Gasteiger partial charge in [-0.2, -0.15) is 0 Å². The molecular formula is C21H21ClN2O4. The number of nitrogens with zero attached hydrogens (tertiary/aromatic N) is 1. The van der Waals surface area contributed by atoms with E-state index in [1.807, 2.05) is 24.3 Å². The maximum Gasteiger partial charge on any atom is 0.294 e. The Kier molecular flexibility index (Phi) is 6.02. The van der Waals surface area contributed by atoms with E-state index < -0.39 is 11.7 Å². The molecule has 1 atom stereocenters. The third-order valence-electron chi connectivity index (χ3n) is 4.36. The number of halogens is 1. The van der Waals surface area contributed by atoms with Crippen molar-refractivity contribution in [3.63, 3.8) is 0 Å². The highest BCUT2D eigenvalue weighted by Gasteiger charge is 2.25. The molecule has 1 aromatic carbocycles. The number of ether oxygens (including phenoxy) is 2. The molecule has 0 aliphatic rings. The Balaban J connectivity index is 2.08. The van der Waals surface area contributed by atoms with Gasteiger partial charge >= 0.3 is 0 Å². The predicted molar refractivity (Wildman–Crippen MR) is 108 cm³/mol. The maximum absolute atomic E-state index is 13.0. The molecule has 0 aliphatic carbocycles. The number of aromatic nitrogens is 1. The average molecular weight is 401 g/mol. The lowest BCUT2D eigenvalue weighted by atomic mass is 10.0. The minimum absolute atomic E-state index is 0.277. The van der Waals surface area contributed by atoms with E-state index in [4.69, 9.17) is 21.1 Å². The molecule has 1 amide bonds. The Hall–Kier alpha value is -2.83. The SMILES string of the molecule is COCC(C)NC(=O)C(=O)c1c(-c2ccc(OC)c(Cl)c2)cc2ccccn12. The summed E-state index contributed by atoms with van der Waals surface area (Å²) in [6, 6.07) is 12.4. The van der Waals surface area contributed by atoms with Crippen molar-refractivity contribution in [1.82, 2.24) is 9.72 Å². The van der Waals surface area contributed by atoms with Gasteiger partial charge < -0.3 is 19.2 Å². The van der Waals surface area contributed by atoms with Crippen LogP contribution in [0.2, 0.25) is 5.02 Å². The van der Waals surface area contributed by atoms with Gasteiger partial charge in [0.15, 0.2) is 0 Å². The number of pyridine rings is 1. The third kappa shape index (κ3) is 3.88. The minimum Gasteiger partial charge on any atom is -0.495 e. The van der Waals surface area contributed by atoms with Crippen LogP contribution >= 0.6 is 11.6 Å². The van der Waals surface area contributed by atoms with Crippen molar-refractivity contribution in [2.24, 2.45) is 0 Å². The summed E-state index contributed by atoms with van der Waals surface area (Å²) in [5, 5.41) is 3.09. The van der Waals surface area contributed by atoms with Gasteiger partial charge in [-0.15, -0.1) is 0 Å². The second kappa shape index (κ2) is 8.46. The lowest BCUT2D eigenvalue weighted by Gasteiger charge is -2.13. The zero-order valence-corrected chi connectivity index (χ0v) is 16.6. The van der Waals surface area contributed by atoms with Crippen molar-refractivity contribution >= 4 is 28.8 Å². The highest BCUT2D eigenvalue weighted by atomic mass is 35.5. The van der Waals surface area contributed by atoms with E-state index in [-0.39, 0.29) is 11.7 Å². The van der Waals surface area contributed by atoms with Gasteiger partial charge in [0.25, 0.3) is 11.7 Å². The van der Waals surface area contributed by atoms with Gasteiger partial charge in [-0.25, -0.2) is 0 Å². The number of hydrogen-bond acceptors (Lipinski definition) is 4. The zero-order chi connectivity index (χ0) is 20.3. The van der Waals surface area contributed by atoms with Gasteiger partial charge in [0.05, 0.1) is 18.7 Å². The highest BCUT2D eigenvalue weighted by Crippen LogP contribution is 2.33. The first-order valence-electron chi connectivity index (χ1n) is 8.74. The van der Waals surface area contributed by atoms with Gasteiger partial charge in [-0.1, -0.05) is 23.7 Å². The van der Waals surface area contributed by atoms with Crippen molar-refractivity contribution in [3.8, 4) is 16.9 Å². The van der Waals surface area contributed by atoms with Gasteiger partial charge in [0.2, 0.25) is 0 Å². The summed E-state index contributed by atoms with van der Waals surface area (Å²) in [6.07, 6.45) is 1.75. The van der Waals surface area contributed by atoms with E-state index in [9.17, 15) is 9.59 Å². The van der Waals surface area contributed by atoms with E-state index in [1.54, 1.807) is 35.7 Å². The summed E-state index contributed by atoms with van der Waals surface area (Å²) in [4.78, 5) is 25.6. The number of carbonyl (C=O) groups is 2. The predicted octanol–water partition coefficient (Wildman–Crippen LogP) is 3.60. The molecule has 6 nitrogen and oxygen atoms in total. The van der Waals surface area contributed by atoms with Gasteiger partial charge in [0.1, 0.15) is 11.4 Å². The van der Waals surface area contributed by atoms with Crippen LogP contribution in [0.25, 0.3) is 16.6 Å². The fraction of sp³-hybridized carbons (Fsp3) is 0.238. The number of amides is 1. The molecule has 1 unspecified atom stereocenters. The molecule has 0 fully saturated rings. The van der Waals surface area contributed by atoms with Gasteiger partial charge in [-0.05, 0) is 42.8 Å². The van der Waals surface area contributed by atoms with Crippen LogP contribution in [0.5, 0.6) is 5.75 Å². The topological polar surface area (TPSA) is 69.0 Å². The van der Waals surface area contributed by atoms with E-state index in [0.717, 1.165) is 11.1 Å². The monoisotopic (exact) mass is 400 g/mol. The molecular weight excluding hydrogens is 380 g/mol. The summed E-state index contributed by atoms with van der Waals surface area (Å²) in [5.74, 6) is -0.779. The van der Waals surface area contributed by atoms with Crippen LogP contribution in [0.15, 0.2) is 48.7 Å². The second-order valence-corrected chi connectivity index (χ2v) is 6.82. The van der Waals surface area contributed by atoms with Crippen molar-refractivity contribution in [2.45, 2.75) is 13.0 Å². The summed E-state index contributed by atoms with van der Waals surface area (Å²) in [5.41, 5.74) is 2.41. The van der Waals surface area contributed by atoms with Crippen molar-refractivity contribution in [2.75, 3.05) is 20.8 Å². The third-order valence-corrected chi connectivity index (χ3v) is 4.65. The van der Waals surface area contributed by atoms with E-state index in [2.05, 4.69) is 5.32 Å². The number of nitrogens with one attached hydrogen (secondary N) is 1. The Morgan fingerprint density at radius 2 is 1.96 bits per heavy atom. The fourth-order valence-corrected chi connectivity index (χ4v) is 3.36. The largest absolute Gasteiger partial charge is 0.495 e. The van der Waals surface area contributed by atoms with Crippen LogP contribution in [-0.4, -0.2) is 43.0 Å². The molecule has 7 heteroatoms. The lowest BCUT2D eigenvalue weighted by molar-refractivity contribution is -0.117. The number of carbonyl (C=O) groups excluding carboxylic acids is 2. The zero-order valence-electron chi connectivity index (χ0n) is 15.9. The van der Waals surface area contributed by atoms with Crippen LogP contribution in [0, 0.1) is 0 Å². The first kappa shape index (κ1) is 19.9. The van der Waals surface area contributed by atoms with Crippen molar-refractivity contribution in [3.05, 3.63) is 59.4 Å². The van der Waals surface area contributed by atoms with Crippen LogP contribution in [0.4, 0.5) is 0 Å². The number of benzene rings is 1. The molecule has 28 heavy (non-hydrogen) atoms. The summed E-state index contributed by atoms with van der Waals surface area (Å²) in [6.45, 7) is 2.09. The summed E-state index contributed by atoms with van der Waals surface area (Å²) < 4.78 is 11.9. The lowest BCUT2D eigenvalue weighted by Crippen LogP contribution is -2.40. The number of ketones is 1. The molecule has 0 bridgehead atoms. The average Bonchev–Trinajstić information content (AvgIpc) is 3.06. The normalized spacial score (nSPS) is 12.0. The van der Waals surface area contributed by atoms with Gasteiger partial charge in [-0.3, -0.25) is 9.59 Å². The molecule has 0 radical (unpaired) electrons. The van der Waals surface area contributed by atoms with Gasteiger partial charge in [0, 0.05) is 30.4 Å². The first-order valence-corrected chi connectivity index (χ1v) is 9.12. The van der Waals surface area contributed by atoms with E-state index >= 15 is 0 Å². The van der Waals surface area contributed by atoms with Crippen molar-refractivity contribution in [1.29, 1.82) is 0 Å². The Bertz CT molecular complexity index is 1030. The Morgan fingerprint density at radius 1 is 1.18 bits per heavy atom. The Morgan fingerprint density at radius 3 is 2.64 bits per heavy atom. The summed E-state index contributed by atoms with van der Waals surface area (Å²) >= 11 is 6.27. The number of hydrogen-bond donors (Lipinski definition) is 1. The standard InChI is InChI=1S/C21H21ClN2O4/c1-13(12-27-2)23-21(26)20(25)19-16(11-15-6-4-5-9-24(15)19)14-7-8-18(28-3)17(22)10-14/h4-11,13H,12H2,1-3H3,(H,23,26). The first-order chi connectivity index (χ1) is 13.5. The summed E-state index contributed by atoms with van der Waals surface area (Å²) in [7, 11) is 3.07. The molecule has 3 aromatic rings. The highest BCUT2D eigenvalue weighted by molar-refractivity contribution is 6.43. The molecule has 0 saturated carbocycles.